The Morgan fingerprint density at radius 2 is 2.15 bits per heavy atom. The van der Waals surface area contributed by atoms with E-state index < -0.39 is 0 Å². The zero-order valence-electron chi connectivity index (χ0n) is 12.1. The Bertz CT molecular complexity index is 508. The molecule has 0 aliphatic carbocycles. The van der Waals surface area contributed by atoms with Crippen molar-refractivity contribution in [2.45, 2.75) is 44.2 Å². The van der Waals surface area contributed by atoms with Gasteiger partial charge in [0.2, 0.25) is 5.91 Å². The molecule has 1 aromatic rings. The molecule has 1 aromatic carbocycles. The first-order chi connectivity index (χ1) is 9.61. The van der Waals surface area contributed by atoms with E-state index in [-0.39, 0.29) is 17.5 Å². The molecule has 20 heavy (non-hydrogen) atoms. The Balaban J connectivity index is 1.68. The monoisotopic (exact) mass is 273 g/mol. The van der Waals surface area contributed by atoms with Gasteiger partial charge < -0.3 is 11.1 Å². The molecule has 0 aromatic heterocycles. The first-order valence-electron chi connectivity index (χ1n) is 7.53. The number of hydrogen-bond donors (Lipinski definition) is 2. The van der Waals surface area contributed by atoms with Crippen LogP contribution in [-0.4, -0.2) is 35.5 Å². The number of likely N-dealkylation sites (tertiary alicyclic amines) is 1. The van der Waals surface area contributed by atoms with Gasteiger partial charge in [0.05, 0.1) is 6.04 Å². The number of aryl methyl sites for hydroxylation is 1. The lowest BCUT2D eigenvalue weighted by Gasteiger charge is -2.50. The van der Waals surface area contributed by atoms with E-state index in [2.05, 4.69) is 23.2 Å². The number of nitrogens with zero attached hydrogens (tertiary/aromatic N) is 1. The van der Waals surface area contributed by atoms with Crippen molar-refractivity contribution in [3.63, 3.8) is 0 Å². The molecule has 4 nitrogen and oxygen atoms in total. The molecule has 1 atom stereocenters. The van der Waals surface area contributed by atoms with E-state index in [0.717, 1.165) is 44.5 Å². The van der Waals surface area contributed by atoms with E-state index >= 15 is 0 Å². The summed E-state index contributed by atoms with van der Waals surface area (Å²) in [6, 6.07) is 8.04. The maximum Gasteiger partial charge on any atom is 0.241 e. The van der Waals surface area contributed by atoms with Gasteiger partial charge in [-0.3, -0.25) is 9.69 Å². The average molecular weight is 273 g/mol. The zero-order chi connectivity index (χ0) is 14.2. The SMILES string of the molecule is CCCC1(N)CN(C2CCc3ccccc3NC2=O)C1. The standard InChI is InChI=1S/C16H23N3O/c1-2-9-16(17)10-19(11-16)14-8-7-12-5-3-4-6-13(12)18-15(14)20/h3-6,14H,2,7-11,17H2,1H3,(H,18,20). The molecule has 1 amide bonds. The predicted octanol–water partition coefficient (Wildman–Crippen LogP) is 1.75. The third-order valence-corrected chi connectivity index (χ3v) is 4.49. The van der Waals surface area contributed by atoms with Crippen molar-refractivity contribution in [1.29, 1.82) is 0 Å². The molecule has 0 bridgehead atoms. The number of carbonyl (C=O) groups is 1. The summed E-state index contributed by atoms with van der Waals surface area (Å²) < 4.78 is 0. The maximum atomic E-state index is 12.4. The van der Waals surface area contributed by atoms with Crippen molar-refractivity contribution in [1.82, 2.24) is 4.90 Å². The molecule has 0 spiro atoms. The molecule has 0 saturated carbocycles. The Labute approximate surface area is 120 Å². The number of para-hydroxylation sites is 1. The van der Waals surface area contributed by atoms with Gasteiger partial charge in [0, 0.05) is 24.3 Å². The van der Waals surface area contributed by atoms with Crippen LogP contribution < -0.4 is 11.1 Å². The van der Waals surface area contributed by atoms with Crippen LogP contribution in [0, 0.1) is 0 Å². The van der Waals surface area contributed by atoms with Crippen LogP contribution >= 0.6 is 0 Å². The number of nitrogens with two attached hydrogens (primary N) is 1. The molecule has 1 saturated heterocycles. The van der Waals surface area contributed by atoms with Crippen LogP contribution in [0.4, 0.5) is 5.69 Å². The van der Waals surface area contributed by atoms with Crippen molar-refractivity contribution < 1.29 is 4.79 Å². The van der Waals surface area contributed by atoms with Crippen molar-refractivity contribution in [3.05, 3.63) is 29.8 Å². The second kappa shape index (κ2) is 5.19. The second-order valence-electron chi connectivity index (χ2n) is 6.22. The fourth-order valence-electron chi connectivity index (χ4n) is 3.49. The van der Waals surface area contributed by atoms with Gasteiger partial charge in [-0.05, 0) is 30.9 Å². The van der Waals surface area contributed by atoms with Gasteiger partial charge in [-0.2, -0.15) is 0 Å². The molecular formula is C16H23N3O. The van der Waals surface area contributed by atoms with Crippen LogP contribution in [0.2, 0.25) is 0 Å². The molecule has 0 radical (unpaired) electrons. The largest absolute Gasteiger partial charge is 0.324 e. The number of benzene rings is 1. The number of nitrogens with one attached hydrogen (secondary N) is 1. The summed E-state index contributed by atoms with van der Waals surface area (Å²) in [5.74, 6) is 0.119. The Hall–Kier alpha value is -1.39. The minimum Gasteiger partial charge on any atom is -0.324 e. The lowest BCUT2D eigenvalue weighted by Crippen LogP contribution is -2.70. The highest BCUT2D eigenvalue weighted by molar-refractivity contribution is 5.96. The average Bonchev–Trinajstić information content (AvgIpc) is 2.54. The predicted molar refractivity (Wildman–Crippen MR) is 80.6 cm³/mol. The van der Waals surface area contributed by atoms with Gasteiger partial charge in [-0.15, -0.1) is 0 Å². The summed E-state index contributed by atoms with van der Waals surface area (Å²) in [4.78, 5) is 14.6. The number of anilines is 1. The fraction of sp³-hybridized carbons (Fsp3) is 0.562. The van der Waals surface area contributed by atoms with Gasteiger partial charge in [-0.25, -0.2) is 0 Å². The van der Waals surface area contributed by atoms with Crippen LogP contribution in [0.25, 0.3) is 0 Å². The molecule has 2 aliphatic rings. The van der Waals surface area contributed by atoms with Gasteiger partial charge in [0.25, 0.3) is 0 Å². The zero-order valence-corrected chi connectivity index (χ0v) is 12.1. The minimum atomic E-state index is -0.0752. The van der Waals surface area contributed by atoms with Crippen LogP contribution in [0.3, 0.4) is 0 Å². The van der Waals surface area contributed by atoms with Crippen molar-refractivity contribution >= 4 is 11.6 Å². The van der Waals surface area contributed by atoms with Crippen molar-refractivity contribution in [2.24, 2.45) is 5.73 Å². The fourth-order valence-corrected chi connectivity index (χ4v) is 3.49. The smallest absolute Gasteiger partial charge is 0.241 e. The minimum absolute atomic E-state index is 0.0315. The number of rotatable bonds is 3. The lowest BCUT2D eigenvalue weighted by atomic mass is 9.84. The molecule has 3 rings (SSSR count). The highest BCUT2D eigenvalue weighted by Gasteiger charge is 2.44. The molecule has 1 unspecified atom stereocenters. The van der Waals surface area contributed by atoms with E-state index in [0.29, 0.717) is 0 Å². The molecule has 2 heterocycles. The van der Waals surface area contributed by atoms with Gasteiger partial charge >= 0.3 is 0 Å². The van der Waals surface area contributed by atoms with E-state index in [1.165, 1.54) is 5.56 Å². The van der Waals surface area contributed by atoms with E-state index in [1.807, 2.05) is 18.2 Å². The molecule has 2 aliphatic heterocycles. The highest BCUT2D eigenvalue weighted by Crippen LogP contribution is 2.30. The number of amides is 1. The number of hydrogen-bond acceptors (Lipinski definition) is 3. The second-order valence-corrected chi connectivity index (χ2v) is 6.22. The van der Waals surface area contributed by atoms with Gasteiger partial charge in [0.1, 0.15) is 0 Å². The Morgan fingerprint density at radius 3 is 2.90 bits per heavy atom. The summed E-state index contributed by atoms with van der Waals surface area (Å²) in [5.41, 5.74) is 8.43. The van der Waals surface area contributed by atoms with Crippen LogP contribution in [0.15, 0.2) is 24.3 Å². The molecule has 3 N–H and O–H groups in total. The third-order valence-electron chi connectivity index (χ3n) is 4.49. The third kappa shape index (κ3) is 2.45. The summed E-state index contributed by atoms with van der Waals surface area (Å²) in [5, 5.41) is 3.06. The molecular weight excluding hydrogens is 250 g/mol. The first kappa shape index (κ1) is 13.6. The summed E-state index contributed by atoms with van der Waals surface area (Å²) in [6.07, 6.45) is 3.97. The Morgan fingerprint density at radius 1 is 1.40 bits per heavy atom. The van der Waals surface area contributed by atoms with E-state index in [9.17, 15) is 4.79 Å². The summed E-state index contributed by atoms with van der Waals surface area (Å²) >= 11 is 0. The van der Waals surface area contributed by atoms with Gasteiger partial charge in [-0.1, -0.05) is 31.5 Å². The lowest BCUT2D eigenvalue weighted by molar-refractivity contribution is -0.124. The number of fused-ring (bicyclic) bond motifs is 1. The summed E-state index contributed by atoms with van der Waals surface area (Å²) in [6.45, 7) is 3.84. The van der Waals surface area contributed by atoms with E-state index in [1.54, 1.807) is 0 Å². The van der Waals surface area contributed by atoms with Crippen LogP contribution in [0.1, 0.15) is 31.7 Å². The molecule has 4 heteroatoms. The van der Waals surface area contributed by atoms with Crippen molar-refractivity contribution in [3.8, 4) is 0 Å². The van der Waals surface area contributed by atoms with Gasteiger partial charge in [0.15, 0.2) is 0 Å². The molecule has 1 fully saturated rings. The highest BCUT2D eigenvalue weighted by atomic mass is 16.2. The molecule has 108 valence electrons. The maximum absolute atomic E-state index is 12.4. The van der Waals surface area contributed by atoms with E-state index in [4.69, 9.17) is 5.73 Å². The first-order valence-corrected chi connectivity index (χ1v) is 7.53. The number of carbonyl (C=O) groups excluding carboxylic acids is 1. The van der Waals surface area contributed by atoms with Crippen LogP contribution in [-0.2, 0) is 11.2 Å². The normalized spacial score (nSPS) is 25.3. The van der Waals surface area contributed by atoms with Crippen molar-refractivity contribution in [2.75, 3.05) is 18.4 Å². The Kier molecular flexibility index (Phi) is 3.52. The quantitative estimate of drug-likeness (QED) is 0.882. The van der Waals surface area contributed by atoms with Crippen LogP contribution in [0.5, 0.6) is 0 Å². The summed E-state index contributed by atoms with van der Waals surface area (Å²) in [7, 11) is 0. The topological polar surface area (TPSA) is 58.4 Å².